The van der Waals surface area contributed by atoms with Crippen molar-refractivity contribution in [3.63, 3.8) is 0 Å². The Hall–Kier alpha value is -4.45. The second-order valence-electron chi connectivity index (χ2n) is 10.0. The van der Waals surface area contributed by atoms with Crippen LogP contribution in [0, 0.1) is 0 Å². The van der Waals surface area contributed by atoms with E-state index in [2.05, 4.69) is 16.0 Å². The fourth-order valence-electron chi connectivity index (χ4n) is 4.17. The van der Waals surface area contributed by atoms with Gasteiger partial charge in [-0.2, -0.15) is 0 Å². The van der Waals surface area contributed by atoms with E-state index in [4.69, 9.17) is 16.2 Å². The van der Waals surface area contributed by atoms with Gasteiger partial charge in [0.15, 0.2) is 0 Å². The van der Waals surface area contributed by atoms with Crippen LogP contribution < -0.4 is 27.4 Å². The van der Waals surface area contributed by atoms with Crippen LogP contribution in [0.4, 0.5) is 4.79 Å². The maximum absolute atomic E-state index is 13.0. The van der Waals surface area contributed by atoms with Crippen molar-refractivity contribution in [3.05, 3.63) is 71.8 Å². The van der Waals surface area contributed by atoms with Gasteiger partial charge in [0.2, 0.25) is 23.6 Å². The molecule has 12 heteroatoms. The molecule has 0 aliphatic rings. The van der Waals surface area contributed by atoms with Gasteiger partial charge in [0, 0.05) is 6.42 Å². The first kappa shape index (κ1) is 33.8. The van der Waals surface area contributed by atoms with Crippen LogP contribution >= 0.6 is 0 Å². The van der Waals surface area contributed by atoms with E-state index in [0.29, 0.717) is 12.8 Å². The molecule has 4 atom stereocenters. The molecular weight excluding hydrogens is 542 g/mol. The third kappa shape index (κ3) is 12.8. The number of aliphatic hydroxyl groups excluding tert-OH is 1. The van der Waals surface area contributed by atoms with Crippen LogP contribution in [0.5, 0.6) is 0 Å². The molecule has 0 spiro atoms. The minimum atomic E-state index is -1.36. The number of rotatable bonds is 18. The monoisotopic (exact) mass is 583 g/mol. The second-order valence-corrected chi connectivity index (χ2v) is 10.0. The molecule has 2 aromatic rings. The van der Waals surface area contributed by atoms with Crippen molar-refractivity contribution < 1.29 is 33.8 Å². The first-order valence-corrected chi connectivity index (χ1v) is 14.0. The van der Waals surface area contributed by atoms with Gasteiger partial charge in [0.05, 0.1) is 18.6 Å². The number of primary amides is 2. The largest absolute Gasteiger partial charge is 0.445 e. The van der Waals surface area contributed by atoms with E-state index in [9.17, 15) is 29.1 Å². The Labute approximate surface area is 245 Å². The summed E-state index contributed by atoms with van der Waals surface area (Å²) in [5, 5.41) is 18.7. The van der Waals surface area contributed by atoms with Crippen LogP contribution in [-0.4, -0.2) is 59.1 Å². The molecule has 12 nitrogen and oxygen atoms in total. The highest BCUT2D eigenvalue weighted by Crippen LogP contribution is 2.11. The van der Waals surface area contributed by atoms with Gasteiger partial charge in [0.1, 0.15) is 18.7 Å². The molecule has 0 aliphatic heterocycles. The van der Waals surface area contributed by atoms with Crippen molar-refractivity contribution in [1.82, 2.24) is 16.0 Å². The Balaban J connectivity index is 2.09. The lowest BCUT2D eigenvalue weighted by atomic mass is 9.98. The summed E-state index contributed by atoms with van der Waals surface area (Å²) in [7, 11) is 0. The SMILES string of the molecule is CCCC[C@H](NC(=O)[C@H](CCC(N)=O)NC(=O)C[C@H](O)[C@H](Cc1ccccc1)NC(=O)OCc1ccccc1)C(N)=O. The van der Waals surface area contributed by atoms with E-state index >= 15 is 0 Å². The summed E-state index contributed by atoms with van der Waals surface area (Å²) >= 11 is 0. The summed E-state index contributed by atoms with van der Waals surface area (Å²) in [6.07, 6.45) is -1.02. The van der Waals surface area contributed by atoms with Crippen molar-refractivity contribution in [2.24, 2.45) is 11.5 Å². The molecule has 0 heterocycles. The van der Waals surface area contributed by atoms with Gasteiger partial charge in [0.25, 0.3) is 0 Å². The summed E-state index contributed by atoms with van der Waals surface area (Å²) in [6.45, 7) is 1.94. The molecule has 42 heavy (non-hydrogen) atoms. The van der Waals surface area contributed by atoms with Crippen LogP contribution in [-0.2, 0) is 36.9 Å². The number of unbranched alkanes of at least 4 members (excludes halogenated alkanes) is 1. The average molecular weight is 584 g/mol. The molecule has 0 saturated heterocycles. The Morgan fingerprint density at radius 1 is 0.833 bits per heavy atom. The first-order valence-electron chi connectivity index (χ1n) is 14.0. The van der Waals surface area contributed by atoms with E-state index in [1.54, 1.807) is 24.3 Å². The van der Waals surface area contributed by atoms with Gasteiger partial charge in [-0.25, -0.2) is 4.79 Å². The summed E-state index contributed by atoms with van der Waals surface area (Å²) in [5.74, 6) is -2.82. The first-order chi connectivity index (χ1) is 20.1. The molecule has 0 radical (unpaired) electrons. The molecule has 5 amide bonds. The number of aliphatic hydroxyl groups is 1. The fourth-order valence-corrected chi connectivity index (χ4v) is 4.17. The molecule has 0 saturated carbocycles. The van der Waals surface area contributed by atoms with Gasteiger partial charge >= 0.3 is 6.09 Å². The van der Waals surface area contributed by atoms with E-state index < -0.39 is 60.4 Å². The third-order valence-corrected chi connectivity index (χ3v) is 6.51. The number of ether oxygens (including phenoxy) is 1. The van der Waals surface area contributed by atoms with Crippen LogP contribution in [0.3, 0.4) is 0 Å². The molecule has 2 rings (SSSR count). The Morgan fingerprint density at radius 3 is 2.02 bits per heavy atom. The zero-order chi connectivity index (χ0) is 30.9. The number of hydrogen-bond acceptors (Lipinski definition) is 7. The van der Waals surface area contributed by atoms with E-state index in [0.717, 1.165) is 17.5 Å². The lowest BCUT2D eigenvalue weighted by molar-refractivity contribution is -0.132. The van der Waals surface area contributed by atoms with Crippen molar-refractivity contribution in [1.29, 1.82) is 0 Å². The van der Waals surface area contributed by atoms with Crippen molar-refractivity contribution >= 4 is 29.7 Å². The number of benzene rings is 2. The lowest BCUT2D eigenvalue weighted by Gasteiger charge is -2.25. The van der Waals surface area contributed by atoms with Gasteiger partial charge in [-0.15, -0.1) is 0 Å². The van der Waals surface area contributed by atoms with Gasteiger partial charge in [-0.05, 0) is 30.4 Å². The van der Waals surface area contributed by atoms with Gasteiger partial charge < -0.3 is 37.3 Å². The predicted molar refractivity (Wildman–Crippen MR) is 155 cm³/mol. The number of carbonyl (C=O) groups excluding carboxylic acids is 5. The van der Waals surface area contributed by atoms with Crippen molar-refractivity contribution in [2.75, 3.05) is 0 Å². The van der Waals surface area contributed by atoms with Crippen LogP contribution in [0.1, 0.15) is 56.6 Å². The minimum absolute atomic E-state index is 0.0164. The topological polar surface area (TPSA) is 203 Å². The second kappa shape index (κ2) is 18.1. The number of alkyl carbamates (subject to hydrolysis) is 1. The third-order valence-electron chi connectivity index (χ3n) is 6.51. The zero-order valence-corrected chi connectivity index (χ0v) is 23.8. The normalized spacial score (nSPS) is 13.6. The summed E-state index contributed by atoms with van der Waals surface area (Å²) in [5.41, 5.74) is 12.2. The molecule has 0 aliphatic carbocycles. The number of amides is 5. The quantitative estimate of drug-likeness (QED) is 0.151. The van der Waals surface area contributed by atoms with E-state index in [1.165, 1.54) is 0 Å². The molecule has 0 aromatic heterocycles. The highest BCUT2D eigenvalue weighted by molar-refractivity contribution is 5.92. The molecule has 0 fully saturated rings. The van der Waals surface area contributed by atoms with Crippen molar-refractivity contribution in [3.8, 4) is 0 Å². The highest BCUT2D eigenvalue weighted by atomic mass is 16.5. The maximum atomic E-state index is 13.0. The number of hydrogen-bond donors (Lipinski definition) is 6. The van der Waals surface area contributed by atoms with Crippen LogP contribution in [0.15, 0.2) is 60.7 Å². The Kier molecular flexibility index (Phi) is 14.5. The molecule has 0 bridgehead atoms. The Morgan fingerprint density at radius 2 is 1.45 bits per heavy atom. The highest BCUT2D eigenvalue weighted by Gasteiger charge is 2.29. The minimum Gasteiger partial charge on any atom is -0.445 e. The molecule has 2 aromatic carbocycles. The van der Waals surface area contributed by atoms with Crippen LogP contribution in [0.25, 0.3) is 0 Å². The van der Waals surface area contributed by atoms with Crippen molar-refractivity contribution in [2.45, 2.75) is 82.7 Å². The molecule has 0 unspecified atom stereocenters. The number of nitrogens with one attached hydrogen (secondary N) is 3. The van der Waals surface area contributed by atoms with Crippen LogP contribution in [0.2, 0.25) is 0 Å². The summed E-state index contributed by atoms with van der Waals surface area (Å²) in [4.78, 5) is 61.7. The number of nitrogens with two attached hydrogens (primary N) is 2. The average Bonchev–Trinajstić information content (AvgIpc) is 2.96. The summed E-state index contributed by atoms with van der Waals surface area (Å²) < 4.78 is 5.29. The summed E-state index contributed by atoms with van der Waals surface area (Å²) in [6, 6.07) is 15.1. The molecule has 8 N–H and O–H groups in total. The van der Waals surface area contributed by atoms with E-state index in [1.807, 2.05) is 43.3 Å². The smallest absolute Gasteiger partial charge is 0.407 e. The standard InChI is InChI=1S/C30H41N5O7/c1-2-3-14-22(28(32)39)34-29(40)23(15-16-26(31)37)33-27(38)18-25(36)24(17-20-10-6-4-7-11-20)35-30(41)42-19-21-12-8-5-9-13-21/h4-13,22-25,36H,2-3,14-19H2,1H3,(H2,31,37)(H2,32,39)(H,33,38)(H,34,40)(H,35,41)/t22-,23-,24-,25-/m0/s1. The molecular formula is C30H41N5O7. The van der Waals surface area contributed by atoms with Gasteiger partial charge in [-0.1, -0.05) is 80.4 Å². The molecule has 228 valence electrons. The maximum Gasteiger partial charge on any atom is 0.407 e. The zero-order valence-electron chi connectivity index (χ0n) is 23.8. The predicted octanol–water partition coefficient (Wildman–Crippen LogP) is 1.19. The lowest BCUT2D eigenvalue weighted by Crippen LogP contribution is -2.54. The van der Waals surface area contributed by atoms with E-state index in [-0.39, 0.29) is 25.9 Å². The fraction of sp³-hybridized carbons (Fsp3) is 0.433. The van der Waals surface area contributed by atoms with Gasteiger partial charge in [-0.3, -0.25) is 19.2 Å². The number of carbonyl (C=O) groups is 5. The Bertz CT molecular complexity index is 1160.